The lowest BCUT2D eigenvalue weighted by molar-refractivity contribution is -0.385. The third-order valence-electron chi connectivity index (χ3n) is 5.28. The molecule has 2 aromatic rings. The van der Waals surface area contributed by atoms with Crippen molar-refractivity contribution in [3.63, 3.8) is 0 Å². The van der Waals surface area contributed by atoms with Crippen molar-refractivity contribution in [3.8, 4) is 0 Å². The first-order valence-electron chi connectivity index (χ1n) is 9.71. The second-order valence-corrected chi connectivity index (χ2v) is 9.62. The van der Waals surface area contributed by atoms with Gasteiger partial charge in [0.15, 0.2) is 9.84 Å². The molecular formula is C21H23N3O6S. The number of nitro benzene ring substituents is 1. The van der Waals surface area contributed by atoms with Crippen molar-refractivity contribution in [2.45, 2.75) is 30.7 Å². The monoisotopic (exact) mass is 445 g/mol. The Balaban J connectivity index is 1.69. The van der Waals surface area contributed by atoms with E-state index in [1.165, 1.54) is 4.90 Å². The molecule has 31 heavy (non-hydrogen) atoms. The van der Waals surface area contributed by atoms with Crippen molar-refractivity contribution >= 4 is 27.3 Å². The fraction of sp³-hybridized carbons (Fsp3) is 0.333. The predicted molar refractivity (Wildman–Crippen MR) is 114 cm³/mol. The van der Waals surface area contributed by atoms with Gasteiger partial charge in [0, 0.05) is 48.6 Å². The van der Waals surface area contributed by atoms with E-state index >= 15 is 0 Å². The molecule has 0 aromatic heterocycles. The molecule has 3 rings (SSSR count). The van der Waals surface area contributed by atoms with Crippen LogP contribution in [0.3, 0.4) is 0 Å². The molecule has 1 N–H and O–H groups in total. The summed E-state index contributed by atoms with van der Waals surface area (Å²) in [5, 5.41) is 14.1. The van der Waals surface area contributed by atoms with Gasteiger partial charge in [0.05, 0.1) is 9.82 Å². The number of nitro groups is 1. The van der Waals surface area contributed by atoms with Crippen molar-refractivity contribution in [2.24, 2.45) is 0 Å². The Morgan fingerprint density at radius 3 is 2.35 bits per heavy atom. The number of amides is 2. The van der Waals surface area contributed by atoms with E-state index in [1.807, 2.05) is 19.1 Å². The van der Waals surface area contributed by atoms with Crippen molar-refractivity contribution in [2.75, 3.05) is 19.3 Å². The Labute approximate surface area is 180 Å². The maximum Gasteiger partial charge on any atom is 0.271 e. The Morgan fingerprint density at radius 1 is 1.13 bits per heavy atom. The highest BCUT2D eigenvalue weighted by molar-refractivity contribution is 7.90. The smallest absolute Gasteiger partial charge is 0.271 e. The van der Waals surface area contributed by atoms with Crippen LogP contribution in [0.1, 0.15) is 39.1 Å². The normalized spacial score (nSPS) is 14.8. The third kappa shape index (κ3) is 5.26. The predicted octanol–water partition coefficient (Wildman–Crippen LogP) is 2.34. The Hall–Kier alpha value is -3.27. The summed E-state index contributed by atoms with van der Waals surface area (Å²) in [6.45, 7) is 2.54. The molecule has 0 bridgehead atoms. The van der Waals surface area contributed by atoms with E-state index in [-0.39, 0.29) is 22.4 Å². The number of hydrogen-bond donors (Lipinski definition) is 1. The van der Waals surface area contributed by atoms with Crippen LogP contribution >= 0.6 is 0 Å². The molecule has 1 heterocycles. The molecule has 9 nitrogen and oxygen atoms in total. The van der Waals surface area contributed by atoms with Crippen LogP contribution in [-0.4, -0.2) is 55.4 Å². The van der Waals surface area contributed by atoms with Crippen LogP contribution in [0.2, 0.25) is 0 Å². The van der Waals surface area contributed by atoms with Crippen LogP contribution in [0.25, 0.3) is 0 Å². The number of nitrogens with one attached hydrogen (secondary N) is 1. The van der Waals surface area contributed by atoms with E-state index in [0.717, 1.165) is 30.0 Å². The van der Waals surface area contributed by atoms with Gasteiger partial charge in [0.25, 0.3) is 17.5 Å². The minimum atomic E-state index is -3.72. The van der Waals surface area contributed by atoms with Gasteiger partial charge in [-0.3, -0.25) is 19.7 Å². The number of rotatable bonds is 5. The number of benzene rings is 2. The van der Waals surface area contributed by atoms with Crippen LogP contribution < -0.4 is 5.32 Å². The summed E-state index contributed by atoms with van der Waals surface area (Å²) in [5.41, 5.74) is 0.981. The van der Waals surface area contributed by atoms with E-state index in [4.69, 9.17) is 0 Å². The van der Waals surface area contributed by atoms with Crippen LogP contribution in [0, 0.1) is 17.0 Å². The van der Waals surface area contributed by atoms with Crippen molar-refractivity contribution in [1.82, 2.24) is 10.2 Å². The number of likely N-dealkylation sites (tertiary alicyclic amines) is 1. The summed E-state index contributed by atoms with van der Waals surface area (Å²) in [5.74, 6) is -0.642. The van der Waals surface area contributed by atoms with Gasteiger partial charge in [-0.15, -0.1) is 0 Å². The van der Waals surface area contributed by atoms with Gasteiger partial charge in [-0.05, 0) is 37.5 Å². The van der Waals surface area contributed by atoms with E-state index < -0.39 is 26.4 Å². The zero-order chi connectivity index (χ0) is 22.8. The molecule has 0 saturated carbocycles. The second kappa shape index (κ2) is 8.84. The molecule has 2 aromatic carbocycles. The maximum atomic E-state index is 12.9. The van der Waals surface area contributed by atoms with Crippen molar-refractivity contribution < 1.29 is 22.9 Å². The number of carbonyl (C=O) groups excluding carboxylic acids is 2. The molecular weight excluding hydrogens is 422 g/mol. The molecule has 0 spiro atoms. The first-order chi connectivity index (χ1) is 14.6. The Bertz CT molecular complexity index is 1140. The lowest BCUT2D eigenvalue weighted by atomic mass is 10.0. The molecule has 164 valence electrons. The minimum Gasteiger partial charge on any atom is -0.349 e. The number of aryl methyl sites for hydroxylation is 1. The van der Waals surface area contributed by atoms with Gasteiger partial charge in [-0.25, -0.2) is 8.42 Å². The van der Waals surface area contributed by atoms with E-state index in [9.17, 15) is 28.1 Å². The first-order valence-corrected chi connectivity index (χ1v) is 11.6. The van der Waals surface area contributed by atoms with E-state index in [2.05, 4.69) is 5.32 Å². The van der Waals surface area contributed by atoms with E-state index in [1.54, 1.807) is 12.1 Å². The first kappa shape index (κ1) is 22.4. The van der Waals surface area contributed by atoms with Gasteiger partial charge in [-0.1, -0.05) is 18.2 Å². The molecule has 1 aliphatic rings. The second-order valence-electron chi connectivity index (χ2n) is 7.60. The maximum absolute atomic E-state index is 12.9. The highest BCUT2D eigenvalue weighted by Crippen LogP contribution is 2.23. The number of sulfone groups is 1. The summed E-state index contributed by atoms with van der Waals surface area (Å²) >= 11 is 0. The molecule has 0 radical (unpaired) electrons. The zero-order valence-corrected chi connectivity index (χ0v) is 18.0. The van der Waals surface area contributed by atoms with Gasteiger partial charge in [0.1, 0.15) is 0 Å². The highest BCUT2D eigenvalue weighted by atomic mass is 32.2. The number of carbonyl (C=O) groups is 2. The molecule has 1 fully saturated rings. The molecule has 0 aliphatic carbocycles. The molecule has 2 amide bonds. The van der Waals surface area contributed by atoms with Crippen LogP contribution in [-0.2, 0) is 9.84 Å². The number of hydrogen-bond acceptors (Lipinski definition) is 6. The zero-order valence-electron chi connectivity index (χ0n) is 17.2. The molecule has 10 heteroatoms. The number of nitrogens with zero attached hydrogens (tertiary/aromatic N) is 2. The average molecular weight is 445 g/mol. The van der Waals surface area contributed by atoms with Gasteiger partial charge >= 0.3 is 0 Å². The Kier molecular flexibility index (Phi) is 6.40. The molecule has 1 saturated heterocycles. The largest absolute Gasteiger partial charge is 0.349 e. The Morgan fingerprint density at radius 2 is 1.77 bits per heavy atom. The highest BCUT2D eigenvalue weighted by Gasteiger charge is 2.27. The summed E-state index contributed by atoms with van der Waals surface area (Å²) < 4.78 is 23.7. The summed E-state index contributed by atoms with van der Waals surface area (Å²) in [4.78, 5) is 37.0. The van der Waals surface area contributed by atoms with Crippen LogP contribution in [0.5, 0.6) is 0 Å². The summed E-state index contributed by atoms with van der Waals surface area (Å²) in [6.07, 6.45) is 1.98. The molecule has 0 unspecified atom stereocenters. The number of non-ortho nitro benzene ring substituents is 1. The third-order valence-corrected chi connectivity index (χ3v) is 6.38. The molecule has 0 atom stereocenters. The fourth-order valence-electron chi connectivity index (χ4n) is 3.53. The van der Waals surface area contributed by atoms with Crippen LogP contribution in [0.4, 0.5) is 5.69 Å². The summed E-state index contributed by atoms with van der Waals surface area (Å²) in [7, 11) is -3.72. The fourth-order valence-corrected chi connectivity index (χ4v) is 4.20. The quantitative estimate of drug-likeness (QED) is 0.556. The standard InChI is InChI=1S/C21H23N3O6S/c1-14-5-3-4-6-19(14)20(25)22-16-7-9-23(10-8-16)21(26)15-11-17(24(27)28)13-18(12-15)31(2,29)30/h3-6,11-13,16H,7-10H2,1-2H3,(H,22,25). The summed E-state index contributed by atoms with van der Waals surface area (Å²) in [6, 6.07) is 10.4. The molecule has 1 aliphatic heterocycles. The van der Waals surface area contributed by atoms with Crippen LogP contribution in [0.15, 0.2) is 47.4 Å². The van der Waals surface area contributed by atoms with Crippen molar-refractivity contribution in [1.29, 1.82) is 0 Å². The van der Waals surface area contributed by atoms with E-state index in [0.29, 0.717) is 31.5 Å². The average Bonchev–Trinajstić information content (AvgIpc) is 2.73. The SMILES string of the molecule is Cc1ccccc1C(=O)NC1CCN(C(=O)c2cc([N+](=O)[O-])cc(S(C)(=O)=O)c2)CC1. The lowest BCUT2D eigenvalue weighted by Gasteiger charge is -2.32. The number of piperidine rings is 1. The minimum absolute atomic E-state index is 0.0444. The van der Waals surface area contributed by atoms with Gasteiger partial charge < -0.3 is 10.2 Å². The lowest BCUT2D eigenvalue weighted by Crippen LogP contribution is -2.46. The van der Waals surface area contributed by atoms with Gasteiger partial charge in [-0.2, -0.15) is 0 Å². The topological polar surface area (TPSA) is 127 Å². The van der Waals surface area contributed by atoms with Gasteiger partial charge in [0.2, 0.25) is 0 Å². The van der Waals surface area contributed by atoms with Crippen molar-refractivity contribution in [3.05, 3.63) is 69.3 Å².